The lowest BCUT2D eigenvalue weighted by Crippen LogP contribution is -2.66. The number of sulfonamides is 1. The lowest BCUT2D eigenvalue weighted by atomic mass is 9.68. The van der Waals surface area contributed by atoms with Gasteiger partial charge in [-0.05, 0) is 39.3 Å². The number of anilines is 1. The zero-order chi connectivity index (χ0) is 29.1. The Morgan fingerprint density at radius 3 is 2.38 bits per heavy atom. The highest BCUT2D eigenvalue weighted by Crippen LogP contribution is 2.46. The highest BCUT2D eigenvalue weighted by molar-refractivity contribution is 7.89. The van der Waals surface area contributed by atoms with Gasteiger partial charge in [0, 0.05) is 16.6 Å². The van der Waals surface area contributed by atoms with Crippen LogP contribution >= 0.6 is 11.3 Å². The second kappa shape index (κ2) is 11.8. The number of rotatable bonds is 9. The van der Waals surface area contributed by atoms with Crippen LogP contribution in [-0.2, 0) is 29.1 Å². The quantitative estimate of drug-likeness (QED) is 0.319. The zero-order valence-corrected chi connectivity index (χ0v) is 24.3. The molecule has 0 saturated carbocycles. The number of hydrogen-bond donors (Lipinski definition) is 3. The molecule has 3 unspecified atom stereocenters. The van der Waals surface area contributed by atoms with E-state index in [0.717, 1.165) is 0 Å². The Morgan fingerprint density at radius 1 is 1.07 bits per heavy atom. The number of nitrogens with one attached hydrogen (secondary N) is 2. The number of hydrogen-bond acceptors (Lipinski definition) is 10. The summed E-state index contributed by atoms with van der Waals surface area (Å²) < 4.78 is 35.5. The predicted octanol–water partition coefficient (Wildman–Crippen LogP) is 3.78. The molecule has 3 atom stereocenters. The molecule has 0 fully saturated rings. The fourth-order valence-corrected chi connectivity index (χ4v) is 6.63. The molecule has 3 aromatic rings. The Labute approximate surface area is 237 Å². The van der Waals surface area contributed by atoms with Gasteiger partial charge in [-0.3, -0.25) is 0 Å². The van der Waals surface area contributed by atoms with Crippen molar-refractivity contribution in [3.63, 3.8) is 0 Å². The molecule has 0 radical (unpaired) electrons. The average molecular weight is 585 g/mol. The van der Waals surface area contributed by atoms with Crippen molar-refractivity contribution in [2.45, 2.75) is 50.1 Å². The van der Waals surface area contributed by atoms with Crippen LogP contribution in [0.3, 0.4) is 0 Å². The number of carbonyl (C=O) groups excluding carboxylic acids is 2. The SMILES string of the molecule is CCOC(=O)C1=C(C)NC(C)C(Nc2nc(-c3ccccc3S(N)(=O)=O)cs2)(C(=O)OCC)C1c1ccccc1. The topological polar surface area (TPSA) is 150 Å². The van der Waals surface area contributed by atoms with Crippen molar-refractivity contribution in [1.82, 2.24) is 10.3 Å². The fourth-order valence-electron chi connectivity index (χ4n) is 5.10. The number of thiazole rings is 1. The minimum absolute atomic E-state index is 0.0648. The van der Waals surface area contributed by atoms with Crippen molar-refractivity contribution in [2.24, 2.45) is 5.14 Å². The van der Waals surface area contributed by atoms with Gasteiger partial charge in [-0.25, -0.2) is 28.1 Å². The van der Waals surface area contributed by atoms with Crippen LogP contribution in [0, 0.1) is 0 Å². The summed E-state index contributed by atoms with van der Waals surface area (Å²) in [6.45, 7) is 7.31. The molecule has 1 aliphatic heterocycles. The van der Waals surface area contributed by atoms with Gasteiger partial charge < -0.3 is 20.1 Å². The van der Waals surface area contributed by atoms with Crippen LogP contribution in [0.2, 0.25) is 0 Å². The molecule has 4 N–H and O–H groups in total. The van der Waals surface area contributed by atoms with E-state index < -0.39 is 39.5 Å². The Hall–Kier alpha value is -3.74. The Balaban J connectivity index is 1.91. The highest BCUT2D eigenvalue weighted by Gasteiger charge is 2.58. The molecule has 0 bridgehead atoms. The third-order valence-corrected chi connectivity index (χ3v) is 8.52. The monoisotopic (exact) mass is 584 g/mol. The summed E-state index contributed by atoms with van der Waals surface area (Å²) in [5.41, 5.74) is 0.743. The summed E-state index contributed by atoms with van der Waals surface area (Å²) in [4.78, 5) is 31.9. The first-order valence-electron chi connectivity index (χ1n) is 12.8. The molecule has 0 spiro atoms. The number of benzene rings is 2. The van der Waals surface area contributed by atoms with Gasteiger partial charge in [0.2, 0.25) is 10.0 Å². The molecular formula is C28H32N4O6S2. The third-order valence-electron chi connectivity index (χ3n) is 6.79. The predicted molar refractivity (Wildman–Crippen MR) is 153 cm³/mol. The second-order valence-corrected chi connectivity index (χ2v) is 11.7. The smallest absolute Gasteiger partial charge is 0.336 e. The van der Waals surface area contributed by atoms with Gasteiger partial charge in [0.05, 0.1) is 41.3 Å². The molecule has 0 saturated heterocycles. The fraction of sp³-hybridized carbons (Fsp3) is 0.321. The standard InChI is InChI=1S/C28H32N4O6S2/c1-5-37-25(33)23-17(3)30-18(4)28(26(34)38-6-2,24(23)19-12-8-7-9-13-19)32-27-31-21(16-39-27)20-14-10-11-15-22(20)40(29,35)36/h7-16,18,24,30H,5-6H2,1-4H3,(H,31,32)(H2,29,35,36). The van der Waals surface area contributed by atoms with Crippen LogP contribution in [0.4, 0.5) is 5.13 Å². The highest BCUT2D eigenvalue weighted by atomic mass is 32.2. The minimum atomic E-state index is -4.01. The second-order valence-electron chi connectivity index (χ2n) is 9.26. The largest absolute Gasteiger partial charge is 0.464 e. The molecule has 1 aliphatic rings. The summed E-state index contributed by atoms with van der Waals surface area (Å²) in [6, 6.07) is 14.9. The summed E-state index contributed by atoms with van der Waals surface area (Å²) >= 11 is 1.19. The molecule has 10 nitrogen and oxygen atoms in total. The zero-order valence-electron chi connectivity index (χ0n) is 22.6. The van der Waals surface area contributed by atoms with Crippen molar-refractivity contribution in [1.29, 1.82) is 0 Å². The molecule has 1 aromatic heterocycles. The molecule has 40 heavy (non-hydrogen) atoms. The van der Waals surface area contributed by atoms with E-state index in [9.17, 15) is 18.0 Å². The number of nitrogens with two attached hydrogens (primary N) is 1. The lowest BCUT2D eigenvalue weighted by molar-refractivity contribution is -0.151. The van der Waals surface area contributed by atoms with Crippen LogP contribution in [0.5, 0.6) is 0 Å². The summed E-state index contributed by atoms with van der Waals surface area (Å²) in [6.07, 6.45) is 0. The number of nitrogens with zero attached hydrogens (tertiary/aromatic N) is 1. The Bertz CT molecular complexity index is 1540. The third kappa shape index (κ3) is 5.47. The first-order valence-corrected chi connectivity index (χ1v) is 15.2. The maximum atomic E-state index is 14.0. The first-order chi connectivity index (χ1) is 19.0. The molecule has 12 heteroatoms. The Kier molecular flexibility index (Phi) is 8.62. The maximum absolute atomic E-state index is 14.0. The van der Waals surface area contributed by atoms with Gasteiger partial charge in [-0.2, -0.15) is 0 Å². The molecule has 2 aromatic carbocycles. The van der Waals surface area contributed by atoms with E-state index in [-0.39, 0.29) is 18.1 Å². The molecule has 0 amide bonds. The van der Waals surface area contributed by atoms with Crippen molar-refractivity contribution >= 4 is 38.4 Å². The van der Waals surface area contributed by atoms with Crippen LogP contribution in [0.15, 0.2) is 76.1 Å². The van der Waals surface area contributed by atoms with Crippen molar-refractivity contribution in [3.05, 3.63) is 76.8 Å². The van der Waals surface area contributed by atoms with Crippen molar-refractivity contribution < 1.29 is 27.5 Å². The number of primary sulfonamides is 1. The van der Waals surface area contributed by atoms with Gasteiger partial charge >= 0.3 is 11.9 Å². The van der Waals surface area contributed by atoms with Gasteiger partial charge in [-0.1, -0.05) is 48.5 Å². The van der Waals surface area contributed by atoms with Gasteiger partial charge in [0.15, 0.2) is 10.7 Å². The molecule has 0 aliphatic carbocycles. The van der Waals surface area contributed by atoms with Crippen LogP contribution in [0.25, 0.3) is 11.3 Å². The van der Waals surface area contributed by atoms with Gasteiger partial charge in [0.25, 0.3) is 0 Å². The molecule has 2 heterocycles. The van der Waals surface area contributed by atoms with E-state index in [2.05, 4.69) is 15.6 Å². The normalized spacial score (nSPS) is 20.9. The number of aromatic nitrogens is 1. The number of allylic oxidation sites excluding steroid dienone is 1. The molecule has 4 rings (SSSR count). The van der Waals surface area contributed by atoms with E-state index in [1.165, 1.54) is 17.4 Å². The van der Waals surface area contributed by atoms with Gasteiger partial charge in [-0.15, -0.1) is 11.3 Å². The maximum Gasteiger partial charge on any atom is 0.336 e. The van der Waals surface area contributed by atoms with E-state index >= 15 is 0 Å². The van der Waals surface area contributed by atoms with Crippen LogP contribution in [0.1, 0.15) is 39.2 Å². The van der Waals surface area contributed by atoms with Crippen LogP contribution in [-0.4, -0.2) is 50.1 Å². The van der Waals surface area contributed by atoms with E-state index in [1.807, 2.05) is 37.3 Å². The summed E-state index contributed by atoms with van der Waals surface area (Å²) in [7, 11) is -4.01. The Morgan fingerprint density at radius 2 is 1.73 bits per heavy atom. The van der Waals surface area contributed by atoms with Crippen molar-refractivity contribution in [2.75, 3.05) is 18.5 Å². The summed E-state index contributed by atoms with van der Waals surface area (Å²) in [5.74, 6) is -1.95. The molecular weight excluding hydrogens is 552 g/mol. The first kappa shape index (κ1) is 29.2. The molecule has 212 valence electrons. The van der Waals surface area contributed by atoms with E-state index in [0.29, 0.717) is 33.2 Å². The van der Waals surface area contributed by atoms with Crippen LogP contribution < -0.4 is 15.8 Å². The van der Waals surface area contributed by atoms with Crippen molar-refractivity contribution in [3.8, 4) is 11.3 Å². The number of carbonyl (C=O) groups is 2. The van der Waals surface area contributed by atoms with E-state index in [1.54, 1.807) is 44.4 Å². The summed E-state index contributed by atoms with van der Waals surface area (Å²) in [5, 5.41) is 14.0. The minimum Gasteiger partial charge on any atom is -0.464 e. The van der Waals surface area contributed by atoms with E-state index in [4.69, 9.17) is 14.6 Å². The number of esters is 2. The lowest BCUT2D eigenvalue weighted by Gasteiger charge is -2.48. The average Bonchev–Trinajstić information content (AvgIpc) is 3.38. The van der Waals surface area contributed by atoms with Gasteiger partial charge in [0.1, 0.15) is 0 Å². The number of ether oxygens (including phenoxy) is 2.